The van der Waals surface area contributed by atoms with Crippen LogP contribution in [0, 0.1) is 11.3 Å². The Morgan fingerprint density at radius 3 is 2.25 bits per heavy atom. The van der Waals surface area contributed by atoms with Gasteiger partial charge in [0.2, 0.25) is 0 Å². The van der Waals surface area contributed by atoms with Gasteiger partial charge in [-0.3, -0.25) is 4.90 Å². The van der Waals surface area contributed by atoms with Crippen molar-refractivity contribution >= 4 is 0 Å². The van der Waals surface area contributed by atoms with E-state index in [0.29, 0.717) is 6.04 Å². The number of hydrogen-bond acceptors (Lipinski definition) is 4. The summed E-state index contributed by atoms with van der Waals surface area (Å²) in [5.74, 6) is 0. The van der Waals surface area contributed by atoms with Gasteiger partial charge in [0.15, 0.2) is 0 Å². The second kappa shape index (κ2) is 8.51. The van der Waals surface area contributed by atoms with Gasteiger partial charge in [0.25, 0.3) is 0 Å². The zero-order chi connectivity index (χ0) is 12.6. The molecule has 94 valence electrons. The standard InChI is InChI=1S/C12H26N4/c1-6-14-12(8-13)10-16(7-2)11(3)9-15(4)5/h11-12,14H,6-7,9-10H2,1-5H3. The summed E-state index contributed by atoms with van der Waals surface area (Å²) in [4.78, 5) is 4.53. The molecule has 0 aliphatic rings. The van der Waals surface area contributed by atoms with Crippen LogP contribution in [0.4, 0.5) is 0 Å². The largest absolute Gasteiger partial charge is 0.308 e. The molecule has 0 saturated heterocycles. The first kappa shape index (κ1) is 15.4. The van der Waals surface area contributed by atoms with Crippen LogP contribution in [0.2, 0.25) is 0 Å². The maximum Gasteiger partial charge on any atom is 0.108 e. The molecular formula is C12H26N4. The molecular weight excluding hydrogens is 200 g/mol. The fourth-order valence-electron chi connectivity index (χ4n) is 1.90. The molecule has 4 nitrogen and oxygen atoms in total. The minimum absolute atomic E-state index is 0.0606. The van der Waals surface area contributed by atoms with Crippen molar-refractivity contribution in [2.45, 2.75) is 32.9 Å². The first-order valence-corrected chi connectivity index (χ1v) is 6.06. The van der Waals surface area contributed by atoms with Gasteiger partial charge in [0, 0.05) is 19.1 Å². The SMILES string of the molecule is CCNC(C#N)CN(CC)C(C)CN(C)C. The molecule has 0 aromatic carbocycles. The van der Waals surface area contributed by atoms with Gasteiger partial charge in [0.05, 0.1) is 6.07 Å². The first-order chi connectivity index (χ1) is 7.54. The third-order valence-electron chi connectivity index (χ3n) is 2.68. The zero-order valence-corrected chi connectivity index (χ0v) is 11.3. The van der Waals surface area contributed by atoms with Crippen LogP contribution in [0.3, 0.4) is 0 Å². The topological polar surface area (TPSA) is 42.3 Å². The average molecular weight is 226 g/mol. The smallest absolute Gasteiger partial charge is 0.108 e. The van der Waals surface area contributed by atoms with E-state index in [1.807, 2.05) is 6.92 Å². The molecule has 0 aliphatic carbocycles. The summed E-state index contributed by atoms with van der Waals surface area (Å²) in [5.41, 5.74) is 0. The molecule has 0 aromatic heterocycles. The Labute approximate surface area is 100 Å². The molecule has 0 aromatic rings. The van der Waals surface area contributed by atoms with Crippen LogP contribution in [0.1, 0.15) is 20.8 Å². The molecule has 0 amide bonds. The lowest BCUT2D eigenvalue weighted by molar-refractivity contribution is 0.174. The minimum Gasteiger partial charge on any atom is -0.308 e. The van der Waals surface area contributed by atoms with Crippen LogP contribution >= 0.6 is 0 Å². The second-order valence-corrected chi connectivity index (χ2v) is 4.44. The van der Waals surface area contributed by atoms with Gasteiger partial charge < -0.3 is 10.2 Å². The Bertz CT molecular complexity index is 210. The Hall–Kier alpha value is -0.630. The summed E-state index contributed by atoms with van der Waals surface area (Å²) < 4.78 is 0. The molecule has 0 rings (SSSR count). The van der Waals surface area contributed by atoms with E-state index in [1.165, 1.54) is 0 Å². The number of nitrogens with zero attached hydrogens (tertiary/aromatic N) is 3. The number of likely N-dealkylation sites (N-methyl/N-ethyl adjacent to an activating group) is 3. The van der Waals surface area contributed by atoms with Crippen molar-refractivity contribution in [2.24, 2.45) is 0 Å². The maximum atomic E-state index is 9.02. The number of nitrogens with one attached hydrogen (secondary N) is 1. The highest BCUT2D eigenvalue weighted by Crippen LogP contribution is 2.01. The summed E-state index contributed by atoms with van der Waals surface area (Å²) in [5, 5.41) is 12.2. The van der Waals surface area contributed by atoms with Crippen molar-refractivity contribution in [3.63, 3.8) is 0 Å². The van der Waals surface area contributed by atoms with Crippen molar-refractivity contribution in [2.75, 3.05) is 40.3 Å². The summed E-state index contributed by atoms with van der Waals surface area (Å²) in [6, 6.07) is 2.73. The molecule has 1 N–H and O–H groups in total. The van der Waals surface area contributed by atoms with Crippen LogP contribution in [0.15, 0.2) is 0 Å². The quantitative estimate of drug-likeness (QED) is 0.663. The lowest BCUT2D eigenvalue weighted by Crippen LogP contribution is -2.47. The number of rotatable bonds is 8. The fourth-order valence-corrected chi connectivity index (χ4v) is 1.90. The van der Waals surface area contributed by atoms with Crippen molar-refractivity contribution in [1.29, 1.82) is 5.26 Å². The summed E-state index contributed by atoms with van der Waals surface area (Å²) in [6.07, 6.45) is 0. The highest BCUT2D eigenvalue weighted by atomic mass is 15.2. The third kappa shape index (κ3) is 6.06. The molecule has 0 heterocycles. The van der Waals surface area contributed by atoms with Gasteiger partial charge in [-0.05, 0) is 34.1 Å². The third-order valence-corrected chi connectivity index (χ3v) is 2.68. The highest BCUT2D eigenvalue weighted by Gasteiger charge is 2.17. The van der Waals surface area contributed by atoms with Crippen molar-refractivity contribution in [3.05, 3.63) is 0 Å². The predicted octanol–water partition coefficient (Wildman–Crippen LogP) is 0.760. The van der Waals surface area contributed by atoms with E-state index in [4.69, 9.17) is 5.26 Å². The summed E-state index contributed by atoms with van der Waals surface area (Å²) in [6.45, 7) is 10.0. The van der Waals surface area contributed by atoms with E-state index in [2.05, 4.69) is 49.1 Å². The zero-order valence-electron chi connectivity index (χ0n) is 11.3. The van der Waals surface area contributed by atoms with Gasteiger partial charge in [-0.15, -0.1) is 0 Å². The van der Waals surface area contributed by atoms with Crippen LogP contribution in [0.25, 0.3) is 0 Å². The van der Waals surface area contributed by atoms with E-state index in [1.54, 1.807) is 0 Å². The number of hydrogen-bond donors (Lipinski definition) is 1. The van der Waals surface area contributed by atoms with Crippen LogP contribution in [0.5, 0.6) is 0 Å². The van der Waals surface area contributed by atoms with Crippen molar-refractivity contribution in [3.8, 4) is 6.07 Å². The van der Waals surface area contributed by atoms with Gasteiger partial charge in [-0.2, -0.15) is 5.26 Å². The Kier molecular flexibility index (Phi) is 8.18. The Balaban J connectivity index is 4.21. The van der Waals surface area contributed by atoms with Gasteiger partial charge in [0.1, 0.15) is 6.04 Å². The predicted molar refractivity (Wildman–Crippen MR) is 68.3 cm³/mol. The minimum atomic E-state index is -0.0606. The molecule has 0 fully saturated rings. The molecule has 2 unspecified atom stereocenters. The monoisotopic (exact) mass is 226 g/mol. The molecule has 0 aliphatic heterocycles. The molecule has 0 spiro atoms. The Morgan fingerprint density at radius 1 is 1.25 bits per heavy atom. The van der Waals surface area contributed by atoms with E-state index >= 15 is 0 Å². The molecule has 0 saturated carbocycles. The van der Waals surface area contributed by atoms with Gasteiger partial charge >= 0.3 is 0 Å². The van der Waals surface area contributed by atoms with E-state index < -0.39 is 0 Å². The van der Waals surface area contributed by atoms with E-state index in [9.17, 15) is 0 Å². The summed E-state index contributed by atoms with van der Waals surface area (Å²) in [7, 11) is 4.16. The average Bonchev–Trinajstić information content (AvgIpc) is 2.22. The first-order valence-electron chi connectivity index (χ1n) is 6.06. The highest BCUT2D eigenvalue weighted by molar-refractivity contribution is 4.92. The van der Waals surface area contributed by atoms with Crippen LogP contribution in [-0.2, 0) is 0 Å². The summed E-state index contributed by atoms with van der Waals surface area (Å²) >= 11 is 0. The molecule has 2 atom stereocenters. The lowest BCUT2D eigenvalue weighted by atomic mass is 10.2. The molecule has 0 bridgehead atoms. The molecule has 0 radical (unpaired) electrons. The van der Waals surface area contributed by atoms with Crippen molar-refractivity contribution < 1.29 is 0 Å². The fraction of sp³-hybridized carbons (Fsp3) is 0.917. The van der Waals surface area contributed by atoms with Crippen molar-refractivity contribution in [1.82, 2.24) is 15.1 Å². The van der Waals surface area contributed by atoms with Crippen LogP contribution < -0.4 is 5.32 Å². The molecule has 4 heteroatoms. The lowest BCUT2D eigenvalue weighted by Gasteiger charge is -2.31. The van der Waals surface area contributed by atoms with E-state index in [-0.39, 0.29) is 6.04 Å². The van der Waals surface area contributed by atoms with Gasteiger partial charge in [-0.1, -0.05) is 13.8 Å². The van der Waals surface area contributed by atoms with E-state index in [0.717, 1.165) is 26.2 Å². The Morgan fingerprint density at radius 2 is 1.88 bits per heavy atom. The second-order valence-electron chi connectivity index (χ2n) is 4.44. The normalized spacial score (nSPS) is 15.1. The van der Waals surface area contributed by atoms with Gasteiger partial charge in [-0.25, -0.2) is 0 Å². The maximum absolute atomic E-state index is 9.02. The van der Waals surface area contributed by atoms with Crippen LogP contribution in [-0.4, -0.2) is 62.2 Å². The molecule has 16 heavy (non-hydrogen) atoms. The number of nitriles is 1.